The lowest BCUT2D eigenvalue weighted by Crippen LogP contribution is -2.39. The molecule has 1 aromatic carbocycles. The summed E-state index contributed by atoms with van der Waals surface area (Å²) >= 11 is 1.47. The van der Waals surface area contributed by atoms with Gasteiger partial charge in [0.1, 0.15) is 5.52 Å². The molecule has 0 unspecified atom stereocenters. The smallest absolute Gasteiger partial charge is 0.332 e. The highest BCUT2D eigenvalue weighted by atomic mass is 32.2. The number of benzene rings is 1. The average Bonchev–Trinajstić information content (AvgIpc) is 3.22. The first-order valence-electron chi connectivity index (χ1n) is 8.15. The predicted octanol–water partition coefficient (Wildman–Crippen LogP) is 1.76. The molecule has 0 saturated heterocycles. The van der Waals surface area contributed by atoms with Crippen LogP contribution in [0.15, 0.2) is 49.8 Å². The molecule has 4 rings (SSSR count). The first kappa shape index (κ1) is 16.6. The second kappa shape index (κ2) is 6.49. The highest BCUT2D eigenvalue weighted by molar-refractivity contribution is 7.99. The van der Waals surface area contributed by atoms with Crippen LogP contribution in [0.5, 0.6) is 0 Å². The Kier molecular flexibility index (Phi) is 4.15. The zero-order valence-corrected chi connectivity index (χ0v) is 15.2. The first-order chi connectivity index (χ1) is 12.6. The van der Waals surface area contributed by atoms with Crippen molar-refractivity contribution < 1.29 is 4.42 Å². The molecule has 0 aliphatic heterocycles. The fraction of sp³-hybridized carbons (Fsp3) is 0.294. The fourth-order valence-corrected chi connectivity index (χ4v) is 3.65. The Morgan fingerprint density at radius 2 is 2.00 bits per heavy atom. The zero-order chi connectivity index (χ0) is 18.3. The second-order valence-corrected chi connectivity index (χ2v) is 7.02. The minimum absolute atomic E-state index is 0.310. The van der Waals surface area contributed by atoms with Crippen LogP contribution in [0, 0.1) is 0 Å². The van der Waals surface area contributed by atoms with Gasteiger partial charge in [-0.25, -0.2) is 14.8 Å². The maximum atomic E-state index is 12.6. The van der Waals surface area contributed by atoms with Gasteiger partial charge in [0.2, 0.25) is 0 Å². The van der Waals surface area contributed by atoms with Gasteiger partial charge in [-0.3, -0.25) is 13.9 Å². The second-order valence-electron chi connectivity index (χ2n) is 5.98. The van der Waals surface area contributed by atoms with E-state index in [2.05, 4.69) is 9.97 Å². The summed E-state index contributed by atoms with van der Waals surface area (Å²) in [5.41, 5.74) is 1.74. The van der Waals surface area contributed by atoms with Gasteiger partial charge in [-0.2, -0.15) is 0 Å². The molecule has 9 heteroatoms. The van der Waals surface area contributed by atoms with E-state index in [0.29, 0.717) is 35.1 Å². The van der Waals surface area contributed by atoms with Gasteiger partial charge in [-0.05, 0) is 18.6 Å². The van der Waals surface area contributed by atoms with E-state index >= 15 is 0 Å². The number of aryl methyl sites for hydroxylation is 2. The molecular formula is C17H17N5O3S. The molecule has 134 valence electrons. The number of fused-ring (bicyclic) bond motifs is 2. The molecule has 0 amide bonds. The molecular weight excluding hydrogens is 354 g/mol. The molecule has 3 aromatic heterocycles. The number of hydrogen-bond acceptors (Lipinski definition) is 6. The quantitative estimate of drug-likeness (QED) is 0.392. The van der Waals surface area contributed by atoms with Gasteiger partial charge in [-0.15, -0.1) is 0 Å². The van der Waals surface area contributed by atoms with Crippen LogP contribution in [-0.4, -0.2) is 29.4 Å². The topological polar surface area (TPSA) is 87.8 Å². The molecule has 0 spiro atoms. The van der Waals surface area contributed by atoms with Gasteiger partial charge in [0.15, 0.2) is 16.7 Å². The predicted molar refractivity (Wildman–Crippen MR) is 99.6 cm³/mol. The number of hydrogen-bond donors (Lipinski definition) is 0. The van der Waals surface area contributed by atoms with E-state index < -0.39 is 0 Å². The molecule has 0 atom stereocenters. The molecule has 0 saturated carbocycles. The third-order valence-electron chi connectivity index (χ3n) is 4.23. The molecule has 3 heterocycles. The molecule has 4 aromatic rings. The van der Waals surface area contributed by atoms with E-state index in [9.17, 15) is 9.59 Å². The van der Waals surface area contributed by atoms with E-state index in [0.717, 1.165) is 11.1 Å². The minimum atomic E-state index is -0.354. The lowest BCUT2D eigenvalue weighted by atomic mass is 10.3. The summed E-state index contributed by atoms with van der Waals surface area (Å²) < 4.78 is 9.96. The highest BCUT2D eigenvalue weighted by Gasteiger charge is 2.14. The molecule has 0 N–H and O–H groups in total. The Bertz CT molecular complexity index is 1180. The average molecular weight is 371 g/mol. The van der Waals surface area contributed by atoms with Gasteiger partial charge in [0, 0.05) is 26.4 Å². The minimum Gasteiger partial charge on any atom is -0.431 e. The van der Waals surface area contributed by atoms with Crippen molar-refractivity contribution in [3.8, 4) is 0 Å². The van der Waals surface area contributed by atoms with Gasteiger partial charge >= 0.3 is 5.69 Å². The molecule has 0 aliphatic rings. The Morgan fingerprint density at radius 1 is 1.19 bits per heavy atom. The van der Waals surface area contributed by atoms with Gasteiger partial charge in [-0.1, -0.05) is 23.9 Å². The van der Waals surface area contributed by atoms with Crippen LogP contribution in [-0.2, 0) is 20.6 Å². The van der Waals surface area contributed by atoms with Crippen molar-refractivity contribution >= 4 is 34.0 Å². The maximum absolute atomic E-state index is 12.6. The van der Waals surface area contributed by atoms with E-state index in [-0.39, 0.29) is 11.2 Å². The number of aromatic nitrogens is 5. The normalized spacial score (nSPS) is 11.6. The van der Waals surface area contributed by atoms with Crippen molar-refractivity contribution in [3.63, 3.8) is 0 Å². The van der Waals surface area contributed by atoms with Crippen LogP contribution in [0.2, 0.25) is 0 Å². The van der Waals surface area contributed by atoms with Gasteiger partial charge in [0.05, 0.1) is 6.33 Å². The van der Waals surface area contributed by atoms with Crippen molar-refractivity contribution in [2.75, 3.05) is 5.75 Å². The van der Waals surface area contributed by atoms with E-state index in [4.69, 9.17) is 4.42 Å². The summed E-state index contributed by atoms with van der Waals surface area (Å²) in [6, 6.07) is 7.59. The number of rotatable bonds is 5. The summed E-state index contributed by atoms with van der Waals surface area (Å²) in [6.07, 6.45) is 2.18. The summed E-state index contributed by atoms with van der Waals surface area (Å²) in [6.45, 7) is 0.333. The molecule has 8 nitrogen and oxygen atoms in total. The Balaban J connectivity index is 1.50. The van der Waals surface area contributed by atoms with E-state index in [1.165, 1.54) is 20.9 Å². The number of nitrogens with zero attached hydrogens (tertiary/aromatic N) is 5. The third-order valence-corrected chi connectivity index (χ3v) is 5.14. The maximum Gasteiger partial charge on any atom is 0.332 e. The summed E-state index contributed by atoms with van der Waals surface area (Å²) in [7, 11) is 3.37. The van der Waals surface area contributed by atoms with Crippen molar-refractivity contribution in [2.45, 2.75) is 18.2 Å². The molecule has 26 heavy (non-hydrogen) atoms. The van der Waals surface area contributed by atoms with Crippen LogP contribution in [0.4, 0.5) is 0 Å². The van der Waals surface area contributed by atoms with Crippen LogP contribution >= 0.6 is 11.8 Å². The lowest BCUT2D eigenvalue weighted by Gasteiger charge is -2.08. The zero-order valence-electron chi connectivity index (χ0n) is 14.4. The Morgan fingerprint density at radius 3 is 2.81 bits per heavy atom. The van der Waals surface area contributed by atoms with Gasteiger partial charge < -0.3 is 8.98 Å². The highest BCUT2D eigenvalue weighted by Crippen LogP contribution is 2.23. The fourth-order valence-electron chi connectivity index (χ4n) is 2.89. The largest absolute Gasteiger partial charge is 0.431 e. The van der Waals surface area contributed by atoms with E-state index in [1.807, 2.05) is 24.3 Å². The Labute approximate surface area is 152 Å². The number of thioether (sulfide) groups is 1. The first-order valence-corrected chi connectivity index (χ1v) is 9.14. The van der Waals surface area contributed by atoms with Crippen LogP contribution in [0.3, 0.4) is 0 Å². The van der Waals surface area contributed by atoms with Crippen molar-refractivity contribution in [1.29, 1.82) is 0 Å². The van der Waals surface area contributed by atoms with Crippen LogP contribution in [0.1, 0.15) is 6.42 Å². The van der Waals surface area contributed by atoms with Crippen LogP contribution < -0.4 is 11.2 Å². The number of oxazole rings is 1. The number of imidazole rings is 1. The molecule has 0 fully saturated rings. The van der Waals surface area contributed by atoms with Crippen molar-refractivity contribution in [2.24, 2.45) is 14.1 Å². The van der Waals surface area contributed by atoms with Crippen molar-refractivity contribution in [3.05, 3.63) is 51.4 Å². The number of para-hydroxylation sites is 2. The van der Waals surface area contributed by atoms with E-state index in [1.54, 1.807) is 25.0 Å². The standard InChI is InChI=1S/C17H17N5O3S/c1-20-10-18-14-13(20)15(23)22(17(24)21(14)2)8-5-9-26-16-19-11-6-3-4-7-12(11)25-16/h3-4,6-7,10H,5,8-9H2,1-2H3. The van der Waals surface area contributed by atoms with Gasteiger partial charge in [0.25, 0.3) is 10.8 Å². The summed E-state index contributed by atoms with van der Waals surface area (Å²) in [5, 5.41) is 0.591. The summed E-state index contributed by atoms with van der Waals surface area (Å²) in [4.78, 5) is 33.6. The van der Waals surface area contributed by atoms with Crippen molar-refractivity contribution in [1.82, 2.24) is 23.7 Å². The lowest BCUT2D eigenvalue weighted by molar-refractivity contribution is 0.489. The van der Waals surface area contributed by atoms with Crippen LogP contribution in [0.25, 0.3) is 22.3 Å². The SMILES string of the molecule is Cn1cnc2c1c(=O)n(CCCSc1nc3ccccc3o1)c(=O)n2C. The molecule has 0 radical (unpaired) electrons. The molecule has 0 bridgehead atoms. The third kappa shape index (κ3) is 2.74. The Hall–Kier alpha value is -2.81. The monoisotopic (exact) mass is 371 g/mol. The molecule has 0 aliphatic carbocycles. The summed E-state index contributed by atoms with van der Waals surface area (Å²) in [5.74, 6) is 0.686.